The van der Waals surface area contributed by atoms with Crippen LogP contribution in [0.4, 0.5) is 11.4 Å². The third-order valence-corrected chi connectivity index (χ3v) is 6.31. The molecule has 0 aliphatic rings. The SMILES string of the molecule is CCOc1ccc(-n2nc(C(N)=O)c(CCN(C)c3ccc(N(C)/C=C\C=C(\C)C=O)c(C)c3)c2C=O)cc1. The van der Waals surface area contributed by atoms with E-state index in [1.54, 1.807) is 37.3 Å². The van der Waals surface area contributed by atoms with E-state index in [0.29, 0.717) is 54.1 Å². The number of benzene rings is 2. The van der Waals surface area contributed by atoms with Crippen LogP contribution in [0.15, 0.2) is 66.4 Å². The van der Waals surface area contributed by atoms with Crippen molar-refractivity contribution >= 4 is 29.9 Å². The average molecular weight is 530 g/mol. The van der Waals surface area contributed by atoms with Gasteiger partial charge in [-0.3, -0.25) is 14.4 Å². The Morgan fingerprint density at radius 2 is 1.85 bits per heavy atom. The molecule has 1 heterocycles. The quantitative estimate of drug-likeness (QED) is 0.200. The van der Waals surface area contributed by atoms with Gasteiger partial charge in [-0.2, -0.15) is 5.10 Å². The number of anilines is 2. The van der Waals surface area contributed by atoms with Crippen LogP contribution in [0.3, 0.4) is 0 Å². The Balaban J connectivity index is 1.81. The summed E-state index contributed by atoms with van der Waals surface area (Å²) in [6.45, 7) is 6.75. The van der Waals surface area contributed by atoms with E-state index in [-0.39, 0.29) is 5.69 Å². The predicted octanol–water partition coefficient (Wildman–Crippen LogP) is 4.26. The van der Waals surface area contributed by atoms with E-state index in [4.69, 9.17) is 10.5 Å². The van der Waals surface area contributed by atoms with Gasteiger partial charge in [0.2, 0.25) is 0 Å². The van der Waals surface area contributed by atoms with Crippen LogP contribution in [0, 0.1) is 6.92 Å². The molecule has 3 aromatic rings. The molecule has 0 saturated carbocycles. The molecule has 0 fully saturated rings. The van der Waals surface area contributed by atoms with Gasteiger partial charge in [-0.25, -0.2) is 4.68 Å². The molecule has 1 amide bonds. The summed E-state index contributed by atoms with van der Waals surface area (Å²) in [5, 5.41) is 4.38. The number of carbonyl (C=O) groups is 3. The monoisotopic (exact) mass is 529 g/mol. The fraction of sp³-hybridized carbons (Fsp3) is 0.267. The molecule has 9 heteroatoms. The van der Waals surface area contributed by atoms with Gasteiger partial charge in [0.25, 0.3) is 5.91 Å². The molecule has 0 saturated heterocycles. The number of nitrogens with two attached hydrogens (primary N) is 1. The maximum absolute atomic E-state index is 12.2. The van der Waals surface area contributed by atoms with Crippen LogP contribution in [0.2, 0.25) is 0 Å². The highest BCUT2D eigenvalue weighted by Gasteiger charge is 2.22. The number of hydrogen-bond acceptors (Lipinski definition) is 7. The number of amides is 1. The summed E-state index contributed by atoms with van der Waals surface area (Å²) >= 11 is 0. The smallest absolute Gasteiger partial charge is 0.269 e. The van der Waals surface area contributed by atoms with Crippen molar-refractivity contribution in [2.45, 2.75) is 27.2 Å². The lowest BCUT2D eigenvalue weighted by molar-refractivity contribution is -0.104. The number of rotatable bonds is 13. The highest BCUT2D eigenvalue weighted by Crippen LogP contribution is 2.26. The highest BCUT2D eigenvalue weighted by atomic mass is 16.5. The van der Waals surface area contributed by atoms with Crippen LogP contribution >= 0.6 is 0 Å². The molecule has 1 aromatic heterocycles. The zero-order valence-corrected chi connectivity index (χ0v) is 23.0. The van der Waals surface area contributed by atoms with Gasteiger partial charge in [-0.05, 0) is 86.9 Å². The van der Waals surface area contributed by atoms with Crippen molar-refractivity contribution in [3.05, 3.63) is 88.9 Å². The molecule has 204 valence electrons. The minimum Gasteiger partial charge on any atom is -0.494 e. The van der Waals surface area contributed by atoms with Crippen molar-refractivity contribution in [1.29, 1.82) is 0 Å². The Labute approximate surface area is 229 Å². The number of carbonyl (C=O) groups excluding carboxylic acids is 3. The number of aromatic nitrogens is 2. The second-order valence-electron chi connectivity index (χ2n) is 9.16. The molecule has 2 N–H and O–H groups in total. The summed E-state index contributed by atoms with van der Waals surface area (Å²) in [5.41, 5.74) is 10.9. The van der Waals surface area contributed by atoms with Gasteiger partial charge in [-0.15, -0.1) is 0 Å². The minimum atomic E-state index is -0.685. The van der Waals surface area contributed by atoms with Crippen molar-refractivity contribution in [1.82, 2.24) is 9.78 Å². The molecule has 0 aliphatic heterocycles. The largest absolute Gasteiger partial charge is 0.494 e. The van der Waals surface area contributed by atoms with Gasteiger partial charge in [0, 0.05) is 43.8 Å². The van der Waals surface area contributed by atoms with E-state index in [2.05, 4.69) is 16.1 Å². The Hall–Kier alpha value is -4.66. The number of ether oxygens (including phenoxy) is 1. The molecule has 3 rings (SSSR count). The summed E-state index contributed by atoms with van der Waals surface area (Å²) in [5.74, 6) is 0.0151. The topological polar surface area (TPSA) is 111 Å². The first kappa shape index (κ1) is 28.9. The standard InChI is InChI=1S/C30H35N5O4/c1-6-39-25-12-9-23(10-13-25)35-28(20-37)26(29(32-35)30(31)38)15-17-33(4)24-11-14-27(22(3)18-24)34(5)16-7-8-21(2)19-36/h7-14,16,18-20H,6,15,17H2,1-5H3,(H2,31,38)/b16-7-,21-8-. The molecule has 0 atom stereocenters. The van der Waals surface area contributed by atoms with Crippen molar-refractivity contribution in [2.24, 2.45) is 5.73 Å². The normalized spacial score (nSPS) is 11.5. The summed E-state index contributed by atoms with van der Waals surface area (Å²) in [4.78, 5) is 39.2. The molecular weight excluding hydrogens is 494 g/mol. The zero-order valence-electron chi connectivity index (χ0n) is 23.0. The van der Waals surface area contributed by atoms with Crippen molar-refractivity contribution in [3.8, 4) is 11.4 Å². The summed E-state index contributed by atoms with van der Waals surface area (Å²) in [6, 6.07) is 13.2. The van der Waals surface area contributed by atoms with Crippen LogP contribution in [-0.4, -0.2) is 55.5 Å². The van der Waals surface area contributed by atoms with Gasteiger partial charge in [-0.1, -0.05) is 6.08 Å². The summed E-state index contributed by atoms with van der Waals surface area (Å²) in [7, 11) is 3.90. The lowest BCUT2D eigenvalue weighted by Crippen LogP contribution is -2.22. The fourth-order valence-corrected chi connectivity index (χ4v) is 4.20. The summed E-state index contributed by atoms with van der Waals surface area (Å²) < 4.78 is 6.94. The van der Waals surface area contributed by atoms with Crippen molar-refractivity contribution in [3.63, 3.8) is 0 Å². The van der Waals surface area contributed by atoms with Crippen molar-refractivity contribution in [2.75, 3.05) is 37.0 Å². The maximum atomic E-state index is 12.2. The van der Waals surface area contributed by atoms with E-state index in [1.807, 2.05) is 57.3 Å². The molecule has 2 aromatic carbocycles. The first-order chi connectivity index (χ1) is 18.7. The average Bonchev–Trinajstić information content (AvgIpc) is 3.30. The number of primary amides is 1. The minimum absolute atomic E-state index is 0.0817. The molecule has 0 bridgehead atoms. The molecule has 9 nitrogen and oxygen atoms in total. The van der Waals surface area contributed by atoms with Gasteiger partial charge in [0.15, 0.2) is 12.0 Å². The van der Waals surface area contributed by atoms with Crippen LogP contribution in [0.25, 0.3) is 5.69 Å². The number of aryl methyl sites for hydroxylation is 1. The Morgan fingerprint density at radius 1 is 1.13 bits per heavy atom. The highest BCUT2D eigenvalue weighted by molar-refractivity contribution is 5.95. The summed E-state index contributed by atoms with van der Waals surface area (Å²) in [6.07, 6.45) is 7.40. The van der Waals surface area contributed by atoms with Gasteiger partial charge in [0.1, 0.15) is 17.7 Å². The molecule has 0 unspecified atom stereocenters. The van der Waals surface area contributed by atoms with Crippen LogP contribution < -0.4 is 20.3 Å². The number of likely N-dealkylation sites (N-methyl/N-ethyl adjacent to an activating group) is 1. The van der Waals surface area contributed by atoms with E-state index in [1.165, 1.54) is 4.68 Å². The van der Waals surface area contributed by atoms with Gasteiger partial charge < -0.3 is 20.3 Å². The van der Waals surface area contributed by atoms with E-state index in [9.17, 15) is 14.4 Å². The number of aldehydes is 2. The predicted molar refractivity (Wildman–Crippen MR) is 154 cm³/mol. The first-order valence-corrected chi connectivity index (χ1v) is 12.6. The third-order valence-electron chi connectivity index (χ3n) is 6.31. The molecule has 0 aliphatic carbocycles. The molecule has 0 radical (unpaired) electrons. The van der Waals surface area contributed by atoms with Crippen LogP contribution in [-0.2, 0) is 11.2 Å². The number of hydrogen-bond donors (Lipinski definition) is 1. The zero-order chi connectivity index (χ0) is 28.5. The van der Waals surface area contributed by atoms with E-state index < -0.39 is 5.91 Å². The molecule has 0 spiro atoms. The lowest BCUT2D eigenvalue weighted by Gasteiger charge is -2.23. The Morgan fingerprint density at radius 3 is 2.44 bits per heavy atom. The maximum Gasteiger partial charge on any atom is 0.269 e. The second-order valence-corrected chi connectivity index (χ2v) is 9.16. The van der Waals surface area contributed by atoms with Crippen LogP contribution in [0.1, 0.15) is 46.0 Å². The Kier molecular flexibility index (Phi) is 9.80. The van der Waals surface area contributed by atoms with Crippen LogP contribution in [0.5, 0.6) is 5.75 Å². The second kappa shape index (κ2) is 13.2. The first-order valence-electron chi connectivity index (χ1n) is 12.6. The number of allylic oxidation sites excluding steroid dienone is 3. The lowest BCUT2D eigenvalue weighted by atomic mass is 10.1. The molecule has 39 heavy (non-hydrogen) atoms. The van der Waals surface area contributed by atoms with Gasteiger partial charge in [0.05, 0.1) is 12.3 Å². The number of nitrogens with zero attached hydrogens (tertiary/aromatic N) is 4. The fourth-order valence-electron chi connectivity index (χ4n) is 4.20. The Bertz CT molecular complexity index is 1390. The van der Waals surface area contributed by atoms with Gasteiger partial charge >= 0.3 is 0 Å². The third kappa shape index (κ3) is 7.01. The molecular formula is C30H35N5O4. The van der Waals surface area contributed by atoms with E-state index in [0.717, 1.165) is 23.2 Å². The van der Waals surface area contributed by atoms with Crippen molar-refractivity contribution < 1.29 is 19.1 Å². The van der Waals surface area contributed by atoms with E-state index >= 15 is 0 Å².